The quantitative estimate of drug-likeness (QED) is 0.459. The maximum Gasteiger partial charge on any atom is 0.101 e. The van der Waals surface area contributed by atoms with Gasteiger partial charge in [0.05, 0.1) is 11.3 Å². The molecule has 1 aromatic rings. The highest BCUT2D eigenvalue weighted by Gasteiger charge is 1.99. The highest BCUT2D eigenvalue weighted by Crippen LogP contribution is 2.13. The first-order chi connectivity index (χ1) is 5.29. The lowest BCUT2D eigenvalue weighted by molar-refractivity contribution is 1.47. The van der Waals surface area contributed by atoms with E-state index >= 15 is 0 Å². The molecule has 0 fully saturated rings. The topological polar surface area (TPSA) is 73.7 Å². The van der Waals surface area contributed by atoms with Gasteiger partial charge in [-0.3, -0.25) is 0 Å². The number of hydrogen-bond acceptors (Lipinski definition) is 3. The van der Waals surface area contributed by atoms with E-state index in [0.29, 0.717) is 16.8 Å². The summed E-state index contributed by atoms with van der Waals surface area (Å²) in [6, 6.07) is 6.97. The molecule has 1 aromatic carbocycles. The lowest BCUT2D eigenvalue weighted by atomic mass is 10.1. The number of rotatable bonds is 1. The van der Waals surface area contributed by atoms with Crippen LogP contribution in [0.25, 0.3) is 0 Å². The second-order valence-electron chi connectivity index (χ2n) is 2.06. The fourth-order valence-electron chi connectivity index (χ4n) is 0.806. The van der Waals surface area contributed by atoms with Crippen LogP contribution >= 0.6 is 0 Å². The van der Waals surface area contributed by atoms with Crippen LogP contribution in [0.2, 0.25) is 0 Å². The van der Waals surface area contributed by atoms with Crippen molar-refractivity contribution in [2.75, 3.05) is 5.73 Å². The van der Waals surface area contributed by atoms with Crippen LogP contribution in [0, 0.1) is 16.7 Å². The van der Waals surface area contributed by atoms with Crippen molar-refractivity contribution in [3.8, 4) is 6.07 Å². The molecule has 1 rings (SSSR count). The molecular formula is C8H7N3. The zero-order chi connectivity index (χ0) is 8.27. The predicted molar refractivity (Wildman–Crippen MR) is 43.5 cm³/mol. The van der Waals surface area contributed by atoms with E-state index in [-0.39, 0.29) is 0 Å². The summed E-state index contributed by atoms with van der Waals surface area (Å²) in [4.78, 5) is 0. The lowest BCUT2D eigenvalue weighted by Gasteiger charge is -1.99. The van der Waals surface area contributed by atoms with Crippen molar-refractivity contribution in [2.24, 2.45) is 0 Å². The Morgan fingerprint density at radius 1 is 1.55 bits per heavy atom. The Bertz CT molecular complexity index is 323. The first-order valence-corrected chi connectivity index (χ1v) is 3.08. The van der Waals surface area contributed by atoms with Crippen molar-refractivity contribution in [3.63, 3.8) is 0 Å². The third kappa shape index (κ3) is 1.19. The summed E-state index contributed by atoms with van der Waals surface area (Å²) in [5.41, 5.74) is 6.92. The van der Waals surface area contributed by atoms with Gasteiger partial charge in [0.15, 0.2) is 0 Å². The van der Waals surface area contributed by atoms with E-state index in [1.165, 1.54) is 0 Å². The Labute approximate surface area is 64.6 Å². The number of nitrogens with two attached hydrogens (primary N) is 1. The number of nitrogen functional groups attached to an aromatic ring is 1. The molecular weight excluding hydrogens is 138 g/mol. The average Bonchev–Trinajstić information content (AvgIpc) is 2.05. The van der Waals surface area contributed by atoms with Crippen LogP contribution in [0.3, 0.4) is 0 Å². The Balaban J connectivity index is 3.34. The molecule has 0 saturated carbocycles. The summed E-state index contributed by atoms with van der Waals surface area (Å²) in [6.07, 6.45) is 1.14. The van der Waals surface area contributed by atoms with Gasteiger partial charge in [0.1, 0.15) is 6.07 Å². The van der Waals surface area contributed by atoms with Crippen LogP contribution in [0.4, 0.5) is 5.69 Å². The second kappa shape index (κ2) is 2.84. The molecule has 0 heterocycles. The maximum atomic E-state index is 8.53. The number of hydrogen-bond donors (Lipinski definition) is 2. The molecule has 54 valence electrons. The van der Waals surface area contributed by atoms with Crippen molar-refractivity contribution in [2.45, 2.75) is 0 Å². The SMILES string of the molecule is N#Cc1cccc(C=N)c1N. The second-order valence-corrected chi connectivity index (χ2v) is 2.06. The lowest BCUT2D eigenvalue weighted by Crippen LogP contribution is -1.95. The number of nitrogens with one attached hydrogen (secondary N) is 1. The van der Waals surface area contributed by atoms with Gasteiger partial charge in [0.25, 0.3) is 0 Å². The minimum atomic E-state index is 0.380. The molecule has 0 aliphatic carbocycles. The van der Waals surface area contributed by atoms with E-state index in [1.807, 2.05) is 6.07 Å². The molecule has 0 aromatic heterocycles. The van der Waals surface area contributed by atoms with Crippen molar-refractivity contribution < 1.29 is 0 Å². The zero-order valence-electron chi connectivity index (χ0n) is 5.83. The van der Waals surface area contributed by atoms with Gasteiger partial charge in [-0.2, -0.15) is 5.26 Å². The number of anilines is 1. The normalized spacial score (nSPS) is 8.64. The van der Waals surface area contributed by atoms with E-state index in [0.717, 1.165) is 6.21 Å². The monoisotopic (exact) mass is 145 g/mol. The van der Waals surface area contributed by atoms with Gasteiger partial charge < -0.3 is 11.1 Å². The highest BCUT2D eigenvalue weighted by molar-refractivity contribution is 5.86. The highest BCUT2D eigenvalue weighted by atomic mass is 14.6. The third-order valence-electron chi connectivity index (χ3n) is 1.42. The molecule has 11 heavy (non-hydrogen) atoms. The standard InChI is InChI=1S/C8H7N3/c9-4-6-2-1-3-7(5-10)8(6)11/h1-4,9H,11H2. The molecule has 0 unspecified atom stereocenters. The summed E-state index contributed by atoms with van der Waals surface area (Å²) >= 11 is 0. The van der Waals surface area contributed by atoms with E-state index in [4.69, 9.17) is 16.4 Å². The summed E-state index contributed by atoms with van der Waals surface area (Å²) in [5.74, 6) is 0. The van der Waals surface area contributed by atoms with Crippen molar-refractivity contribution in [1.29, 1.82) is 10.7 Å². The van der Waals surface area contributed by atoms with Gasteiger partial charge in [-0.15, -0.1) is 0 Å². The minimum Gasteiger partial charge on any atom is -0.397 e. The Hall–Kier alpha value is -1.82. The third-order valence-corrected chi connectivity index (χ3v) is 1.42. The van der Waals surface area contributed by atoms with Gasteiger partial charge in [-0.05, 0) is 6.07 Å². The average molecular weight is 145 g/mol. The van der Waals surface area contributed by atoms with Gasteiger partial charge >= 0.3 is 0 Å². The van der Waals surface area contributed by atoms with E-state index < -0.39 is 0 Å². The molecule has 3 N–H and O–H groups in total. The van der Waals surface area contributed by atoms with Crippen LogP contribution in [-0.2, 0) is 0 Å². The Kier molecular flexibility index (Phi) is 1.88. The number of nitriles is 1. The first kappa shape index (κ1) is 7.29. The Morgan fingerprint density at radius 3 is 2.82 bits per heavy atom. The van der Waals surface area contributed by atoms with E-state index in [2.05, 4.69) is 0 Å². The fourth-order valence-corrected chi connectivity index (χ4v) is 0.806. The molecule has 0 amide bonds. The largest absolute Gasteiger partial charge is 0.397 e. The molecule has 0 saturated heterocycles. The van der Waals surface area contributed by atoms with Crippen LogP contribution in [0.5, 0.6) is 0 Å². The molecule has 0 aliphatic heterocycles. The smallest absolute Gasteiger partial charge is 0.101 e. The van der Waals surface area contributed by atoms with E-state index in [1.54, 1.807) is 18.2 Å². The molecule has 3 nitrogen and oxygen atoms in total. The zero-order valence-corrected chi connectivity index (χ0v) is 5.83. The van der Waals surface area contributed by atoms with Crippen molar-refractivity contribution in [3.05, 3.63) is 29.3 Å². The predicted octanol–water partition coefficient (Wildman–Crippen LogP) is 1.14. The summed E-state index contributed by atoms with van der Waals surface area (Å²) < 4.78 is 0. The molecule has 0 spiro atoms. The van der Waals surface area contributed by atoms with Gasteiger partial charge in [-0.25, -0.2) is 0 Å². The number of para-hydroxylation sites is 1. The minimum absolute atomic E-state index is 0.380. The molecule has 0 atom stereocenters. The Morgan fingerprint density at radius 2 is 2.27 bits per heavy atom. The van der Waals surface area contributed by atoms with Gasteiger partial charge in [0.2, 0.25) is 0 Å². The van der Waals surface area contributed by atoms with Crippen molar-refractivity contribution in [1.82, 2.24) is 0 Å². The first-order valence-electron chi connectivity index (χ1n) is 3.08. The summed E-state index contributed by atoms with van der Waals surface area (Å²) in [6.45, 7) is 0. The summed E-state index contributed by atoms with van der Waals surface area (Å²) in [5, 5.41) is 15.5. The van der Waals surface area contributed by atoms with Crippen LogP contribution in [-0.4, -0.2) is 6.21 Å². The molecule has 0 bridgehead atoms. The van der Waals surface area contributed by atoms with Crippen LogP contribution in [0.15, 0.2) is 18.2 Å². The fraction of sp³-hybridized carbons (Fsp3) is 0. The van der Waals surface area contributed by atoms with Gasteiger partial charge in [-0.1, -0.05) is 12.1 Å². The van der Waals surface area contributed by atoms with E-state index in [9.17, 15) is 0 Å². The molecule has 0 aliphatic rings. The van der Waals surface area contributed by atoms with Gasteiger partial charge in [0, 0.05) is 11.8 Å². The molecule has 0 radical (unpaired) electrons. The van der Waals surface area contributed by atoms with Crippen LogP contribution < -0.4 is 5.73 Å². The number of nitrogens with zero attached hydrogens (tertiary/aromatic N) is 1. The number of benzene rings is 1. The van der Waals surface area contributed by atoms with Crippen molar-refractivity contribution >= 4 is 11.9 Å². The molecule has 3 heteroatoms. The maximum absolute atomic E-state index is 8.53. The summed E-state index contributed by atoms with van der Waals surface area (Å²) in [7, 11) is 0. The van der Waals surface area contributed by atoms with Crippen LogP contribution in [0.1, 0.15) is 11.1 Å².